The molecule has 0 saturated heterocycles. The van der Waals surface area contributed by atoms with Gasteiger partial charge in [-0.1, -0.05) is 23.2 Å². The second kappa shape index (κ2) is 9.88. The first-order valence-electron chi connectivity index (χ1n) is 8.41. The fraction of sp³-hybridized carbons (Fsp3) is 0.0526. The highest BCUT2D eigenvalue weighted by Crippen LogP contribution is 2.25. The number of aromatic nitrogens is 2. The highest BCUT2D eigenvalue weighted by molar-refractivity contribution is 6.42. The Labute approximate surface area is 181 Å². The third-order valence-corrected chi connectivity index (χ3v) is 4.32. The number of hydroxylamine groups is 1. The minimum Gasteiger partial charge on any atom is -0.439 e. The van der Waals surface area contributed by atoms with E-state index in [0.717, 1.165) is 0 Å². The van der Waals surface area contributed by atoms with Crippen LogP contribution in [0.2, 0.25) is 10.0 Å². The largest absolute Gasteiger partial charge is 0.439 e. The van der Waals surface area contributed by atoms with Crippen LogP contribution in [-0.4, -0.2) is 29.0 Å². The zero-order valence-corrected chi connectivity index (χ0v) is 17.0. The van der Waals surface area contributed by atoms with E-state index < -0.39 is 11.9 Å². The van der Waals surface area contributed by atoms with Crippen LogP contribution < -0.4 is 20.9 Å². The Morgan fingerprint density at radius 3 is 2.30 bits per heavy atom. The van der Waals surface area contributed by atoms with Gasteiger partial charge in [-0.05, 0) is 42.5 Å². The lowest BCUT2D eigenvalue weighted by molar-refractivity contribution is 0.0532. The summed E-state index contributed by atoms with van der Waals surface area (Å²) in [6.07, 6.45) is 1.20. The molecule has 0 unspecified atom stereocenters. The summed E-state index contributed by atoms with van der Waals surface area (Å²) in [6.45, 7) is 0. The molecule has 11 heteroatoms. The van der Waals surface area contributed by atoms with Gasteiger partial charge in [0.05, 0.1) is 17.2 Å². The molecule has 0 fully saturated rings. The molecule has 9 nitrogen and oxygen atoms in total. The van der Waals surface area contributed by atoms with Crippen molar-refractivity contribution >= 4 is 46.5 Å². The second-order valence-electron chi connectivity index (χ2n) is 5.71. The Morgan fingerprint density at radius 2 is 1.60 bits per heavy atom. The summed E-state index contributed by atoms with van der Waals surface area (Å²) in [5.74, 6) is 0.0869. The minimum absolute atomic E-state index is 0.0825. The Kier molecular flexibility index (Phi) is 7.02. The van der Waals surface area contributed by atoms with E-state index in [9.17, 15) is 9.59 Å². The SMILES string of the molecule is CONC(=O)c1cc(Oc2ccc(NC(=O)Nc3ccc(Cl)c(Cl)c3)cc2)ncn1. The van der Waals surface area contributed by atoms with Gasteiger partial charge in [0.1, 0.15) is 17.8 Å². The smallest absolute Gasteiger partial charge is 0.323 e. The van der Waals surface area contributed by atoms with Crippen LogP contribution in [0.3, 0.4) is 0 Å². The first kappa shape index (κ1) is 21.3. The summed E-state index contributed by atoms with van der Waals surface area (Å²) in [7, 11) is 1.32. The monoisotopic (exact) mass is 447 g/mol. The molecule has 3 aromatic rings. The average Bonchev–Trinajstić information content (AvgIpc) is 2.72. The van der Waals surface area contributed by atoms with Crippen molar-refractivity contribution < 1.29 is 19.2 Å². The predicted molar refractivity (Wildman–Crippen MR) is 112 cm³/mol. The lowest BCUT2D eigenvalue weighted by Crippen LogP contribution is -2.22. The van der Waals surface area contributed by atoms with Gasteiger partial charge in [0.25, 0.3) is 5.91 Å². The number of anilines is 2. The lowest BCUT2D eigenvalue weighted by Gasteiger charge is -2.10. The van der Waals surface area contributed by atoms with E-state index in [-0.39, 0.29) is 11.6 Å². The number of hydrogen-bond donors (Lipinski definition) is 3. The first-order valence-corrected chi connectivity index (χ1v) is 9.16. The number of ether oxygens (including phenoxy) is 1. The van der Waals surface area contributed by atoms with Crippen molar-refractivity contribution in [2.45, 2.75) is 0 Å². The third-order valence-electron chi connectivity index (χ3n) is 3.58. The van der Waals surface area contributed by atoms with E-state index in [1.54, 1.807) is 42.5 Å². The molecule has 0 spiro atoms. The fourth-order valence-electron chi connectivity index (χ4n) is 2.26. The van der Waals surface area contributed by atoms with Crippen LogP contribution in [0, 0.1) is 0 Å². The molecule has 1 aromatic heterocycles. The standard InChI is InChI=1S/C19H15Cl2N5O4/c1-29-26-18(27)16-9-17(23-10-22-16)30-13-5-2-11(3-6-13)24-19(28)25-12-4-7-14(20)15(21)8-12/h2-10H,1H3,(H,26,27)(H2,24,25,28). The van der Waals surface area contributed by atoms with Gasteiger partial charge in [-0.25, -0.2) is 20.2 Å². The number of benzene rings is 2. The molecule has 30 heavy (non-hydrogen) atoms. The van der Waals surface area contributed by atoms with Gasteiger partial charge < -0.3 is 15.4 Å². The molecular weight excluding hydrogens is 433 g/mol. The normalized spacial score (nSPS) is 10.2. The molecule has 0 aliphatic carbocycles. The number of nitrogens with one attached hydrogen (secondary N) is 3. The summed E-state index contributed by atoms with van der Waals surface area (Å²) < 4.78 is 5.60. The summed E-state index contributed by atoms with van der Waals surface area (Å²) in [6, 6.07) is 12.2. The fourth-order valence-corrected chi connectivity index (χ4v) is 2.56. The van der Waals surface area contributed by atoms with E-state index in [4.69, 9.17) is 27.9 Å². The van der Waals surface area contributed by atoms with E-state index >= 15 is 0 Å². The van der Waals surface area contributed by atoms with Crippen LogP contribution in [0.15, 0.2) is 54.9 Å². The zero-order chi connectivity index (χ0) is 21.5. The van der Waals surface area contributed by atoms with Crippen molar-refractivity contribution in [3.63, 3.8) is 0 Å². The third kappa shape index (κ3) is 5.80. The molecule has 0 radical (unpaired) electrons. The maximum absolute atomic E-state index is 12.1. The highest BCUT2D eigenvalue weighted by atomic mass is 35.5. The number of carbonyl (C=O) groups excluding carboxylic acids is 2. The molecule has 3 rings (SSSR count). The molecule has 0 bridgehead atoms. The Balaban J connectivity index is 1.59. The Morgan fingerprint density at radius 1 is 0.900 bits per heavy atom. The summed E-state index contributed by atoms with van der Waals surface area (Å²) in [5.41, 5.74) is 3.27. The quantitative estimate of drug-likeness (QED) is 0.478. The van der Waals surface area contributed by atoms with Crippen molar-refractivity contribution in [1.82, 2.24) is 15.4 Å². The van der Waals surface area contributed by atoms with E-state index in [1.807, 2.05) is 0 Å². The number of rotatable bonds is 6. The van der Waals surface area contributed by atoms with Gasteiger partial charge in [-0.2, -0.15) is 0 Å². The van der Waals surface area contributed by atoms with Crippen molar-refractivity contribution in [2.75, 3.05) is 17.7 Å². The van der Waals surface area contributed by atoms with Crippen LogP contribution >= 0.6 is 23.2 Å². The van der Waals surface area contributed by atoms with E-state index in [0.29, 0.717) is 27.2 Å². The van der Waals surface area contributed by atoms with Crippen LogP contribution in [0.4, 0.5) is 16.2 Å². The van der Waals surface area contributed by atoms with Crippen molar-refractivity contribution in [3.8, 4) is 11.6 Å². The second-order valence-corrected chi connectivity index (χ2v) is 6.53. The number of hydrogen-bond acceptors (Lipinski definition) is 6. The minimum atomic E-state index is -0.530. The molecule has 3 N–H and O–H groups in total. The van der Waals surface area contributed by atoms with E-state index in [2.05, 4.69) is 30.9 Å². The maximum Gasteiger partial charge on any atom is 0.323 e. The van der Waals surface area contributed by atoms with Crippen LogP contribution in [-0.2, 0) is 4.84 Å². The maximum atomic E-state index is 12.1. The van der Waals surface area contributed by atoms with Gasteiger partial charge in [0, 0.05) is 17.4 Å². The molecular formula is C19H15Cl2N5O4. The molecule has 1 heterocycles. The van der Waals surface area contributed by atoms with Crippen LogP contribution in [0.1, 0.15) is 10.5 Å². The van der Waals surface area contributed by atoms with Gasteiger partial charge in [0.15, 0.2) is 0 Å². The van der Waals surface area contributed by atoms with Gasteiger partial charge in [-0.3, -0.25) is 9.63 Å². The Bertz CT molecular complexity index is 1060. The Hall–Kier alpha value is -3.40. The summed E-state index contributed by atoms with van der Waals surface area (Å²) in [5, 5.41) is 6.06. The molecule has 0 aliphatic rings. The molecule has 0 saturated carbocycles. The number of nitrogens with zero attached hydrogens (tertiary/aromatic N) is 2. The molecule has 2 aromatic carbocycles. The summed E-state index contributed by atoms with van der Waals surface area (Å²) >= 11 is 11.8. The van der Waals surface area contributed by atoms with Crippen molar-refractivity contribution in [1.29, 1.82) is 0 Å². The number of urea groups is 1. The molecule has 154 valence electrons. The highest BCUT2D eigenvalue weighted by Gasteiger charge is 2.10. The van der Waals surface area contributed by atoms with Gasteiger partial charge in [-0.15, -0.1) is 0 Å². The number of carbonyl (C=O) groups is 2. The van der Waals surface area contributed by atoms with Crippen LogP contribution in [0.25, 0.3) is 0 Å². The van der Waals surface area contributed by atoms with Gasteiger partial charge >= 0.3 is 6.03 Å². The molecule has 0 aliphatic heterocycles. The van der Waals surface area contributed by atoms with E-state index in [1.165, 1.54) is 19.5 Å². The topological polar surface area (TPSA) is 114 Å². The number of amides is 3. The van der Waals surface area contributed by atoms with Crippen molar-refractivity contribution in [3.05, 3.63) is 70.6 Å². The number of halogens is 2. The molecule has 0 atom stereocenters. The summed E-state index contributed by atoms with van der Waals surface area (Å²) in [4.78, 5) is 36.2. The van der Waals surface area contributed by atoms with Gasteiger partial charge in [0.2, 0.25) is 5.88 Å². The lowest BCUT2D eigenvalue weighted by atomic mass is 10.3. The average molecular weight is 448 g/mol. The first-order chi connectivity index (χ1) is 14.4. The zero-order valence-electron chi connectivity index (χ0n) is 15.5. The molecule has 3 amide bonds. The van der Waals surface area contributed by atoms with Crippen molar-refractivity contribution in [2.24, 2.45) is 0 Å². The predicted octanol–water partition coefficient (Wildman–Crippen LogP) is 4.51. The van der Waals surface area contributed by atoms with Crippen LogP contribution in [0.5, 0.6) is 11.6 Å².